The van der Waals surface area contributed by atoms with Gasteiger partial charge in [-0.3, -0.25) is 0 Å². The van der Waals surface area contributed by atoms with E-state index in [-0.39, 0.29) is 5.41 Å². The lowest BCUT2D eigenvalue weighted by molar-refractivity contribution is 0.401. The van der Waals surface area contributed by atoms with Crippen LogP contribution in [-0.4, -0.2) is 0 Å². The number of nitrogens with zero attached hydrogens (tertiary/aromatic N) is 1. The van der Waals surface area contributed by atoms with E-state index in [2.05, 4.69) is 355 Å². The number of hydrogen-bond donors (Lipinski definition) is 0. The molecular formula is C96H93N. The third-order valence-corrected chi connectivity index (χ3v) is 19.6. The van der Waals surface area contributed by atoms with Gasteiger partial charge in [-0.05, 0) is 193 Å². The summed E-state index contributed by atoms with van der Waals surface area (Å²) in [6, 6.07) is 117. The maximum absolute atomic E-state index is 2.67. The minimum absolute atomic E-state index is 0.175. The van der Waals surface area contributed by atoms with Crippen LogP contribution >= 0.6 is 0 Å². The van der Waals surface area contributed by atoms with Gasteiger partial charge in [-0.2, -0.15) is 0 Å². The fraction of sp³-hybridized carbons (Fsp3) is 0.188. The van der Waals surface area contributed by atoms with E-state index >= 15 is 0 Å². The van der Waals surface area contributed by atoms with Crippen LogP contribution in [0.4, 0.5) is 17.1 Å². The number of unbranched alkanes of at least 4 members (excludes halogenated alkanes) is 6. The molecule has 1 aliphatic carbocycles. The van der Waals surface area contributed by atoms with Crippen LogP contribution in [0.2, 0.25) is 0 Å². The molecule has 0 bridgehead atoms. The number of rotatable bonds is 21. The molecule has 0 amide bonds. The zero-order valence-corrected chi connectivity index (χ0v) is 58.0. The molecule has 0 saturated heterocycles. The Morgan fingerprint density at radius 3 is 0.753 bits per heavy atom. The number of hydrogen-bond acceptors (Lipinski definition) is 1. The van der Waals surface area contributed by atoms with E-state index in [4.69, 9.17) is 0 Å². The van der Waals surface area contributed by atoms with Crippen molar-refractivity contribution in [1.82, 2.24) is 0 Å². The summed E-state index contributed by atoms with van der Waals surface area (Å²) < 4.78 is 0. The highest BCUT2D eigenvalue weighted by molar-refractivity contribution is 6.04. The molecule has 0 aliphatic heterocycles. The van der Waals surface area contributed by atoms with Crippen LogP contribution in [-0.2, 0) is 5.41 Å². The Balaban J connectivity index is 0.000000315. The quantitative estimate of drug-likeness (QED) is 0.0648. The Morgan fingerprint density at radius 2 is 0.485 bits per heavy atom. The Kier molecular flexibility index (Phi) is 21.9. The normalized spacial score (nSPS) is 11.7. The van der Waals surface area contributed by atoms with Gasteiger partial charge in [-0.15, -0.1) is 0 Å². The minimum Gasteiger partial charge on any atom is -0.311 e. The van der Waals surface area contributed by atoms with Crippen molar-refractivity contribution >= 4 is 17.1 Å². The zero-order chi connectivity index (χ0) is 66.9. The van der Waals surface area contributed by atoms with Gasteiger partial charge in [0, 0.05) is 22.5 Å². The van der Waals surface area contributed by atoms with Gasteiger partial charge in [-0.1, -0.05) is 363 Å². The summed E-state index contributed by atoms with van der Waals surface area (Å²) in [5, 5.41) is 0. The second-order valence-corrected chi connectivity index (χ2v) is 26.1. The summed E-state index contributed by atoms with van der Waals surface area (Å²) >= 11 is 0. The minimum atomic E-state index is -0.175. The van der Waals surface area contributed by atoms with Gasteiger partial charge in [0.25, 0.3) is 0 Å². The molecule has 0 saturated carbocycles. The molecule has 1 aliphatic rings. The van der Waals surface area contributed by atoms with Gasteiger partial charge in [0.05, 0.1) is 0 Å². The standard InChI is InChI=1S/C73H66.C21H21N.C2H6/c1-3-5-7-27-49-73(50-28-8-6-4-2)67-51-59(71-63(55-33-19-11-20-34-55)47-45-61(53-29-15-9-16-30-53)69(71)57-37-23-13-24-38-57)41-43-65(67)66-44-42-60(52-68(66)73)72-64(56-35-21-12-22-36-56)48-46-62(54-31-17-10-18-32-54)70(72)58-39-25-14-26-40-58;1-16-4-10-19(11-5-16)22(20-12-6-17(2)7-13-20)21-14-8-18(3)9-15-21;1-2/h9-26,29-48,51-52H,3-8,27-28,49-50H2,1-2H3;4-15H,1-3H3;1-2H3. The second kappa shape index (κ2) is 31.9. The molecule has 13 aromatic rings. The number of fused-ring (bicyclic) bond motifs is 3. The molecule has 1 nitrogen and oxygen atoms in total. The summed E-state index contributed by atoms with van der Waals surface area (Å²) in [6.07, 6.45) is 12.0. The Labute approximate surface area is 579 Å². The molecule has 0 unspecified atom stereocenters. The van der Waals surface area contributed by atoms with Crippen LogP contribution in [0.15, 0.2) is 315 Å². The highest BCUT2D eigenvalue weighted by atomic mass is 15.1. The van der Waals surface area contributed by atoms with Crippen LogP contribution in [0, 0.1) is 20.8 Å². The van der Waals surface area contributed by atoms with Crippen molar-refractivity contribution in [2.75, 3.05) is 4.90 Å². The van der Waals surface area contributed by atoms with E-state index < -0.39 is 0 Å². The molecule has 14 rings (SSSR count). The van der Waals surface area contributed by atoms with Crippen LogP contribution in [0.1, 0.15) is 120 Å². The lowest BCUT2D eigenvalue weighted by Gasteiger charge is -2.34. The van der Waals surface area contributed by atoms with Crippen molar-refractivity contribution < 1.29 is 0 Å². The molecule has 1 heteroatoms. The Hall–Kier alpha value is -10.3. The summed E-state index contributed by atoms with van der Waals surface area (Å²) in [5.74, 6) is 0. The van der Waals surface area contributed by atoms with Crippen LogP contribution in [0.25, 0.3) is 100 Å². The molecule has 97 heavy (non-hydrogen) atoms. The Morgan fingerprint density at radius 1 is 0.237 bits per heavy atom. The first-order chi connectivity index (χ1) is 47.8. The average molecular weight is 1260 g/mol. The zero-order valence-electron chi connectivity index (χ0n) is 58.0. The van der Waals surface area contributed by atoms with Gasteiger partial charge in [0.1, 0.15) is 0 Å². The van der Waals surface area contributed by atoms with Crippen molar-refractivity contribution in [1.29, 1.82) is 0 Å². The average Bonchev–Trinajstić information content (AvgIpc) is 1.59. The van der Waals surface area contributed by atoms with E-state index in [0.717, 1.165) is 12.8 Å². The number of benzene rings is 13. The first-order valence-electron chi connectivity index (χ1n) is 35.8. The monoisotopic (exact) mass is 1260 g/mol. The maximum atomic E-state index is 2.67. The molecule has 0 N–H and O–H groups in total. The summed E-state index contributed by atoms with van der Waals surface area (Å²) in [7, 11) is 0. The van der Waals surface area contributed by atoms with Gasteiger partial charge in [0.2, 0.25) is 0 Å². The molecule has 0 heterocycles. The van der Waals surface area contributed by atoms with E-state index in [1.807, 2.05) is 13.8 Å². The van der Waals surface area contributed by atoms with Gasteiger partial charge < -0.3 is 4.90 Å². The molecule has 0 aromatic heterocycles. The smallest absolute Gasteiger partial charge is 0.0461 e. The third kappa shape index (κ3) is 14.7. The van der Waals surface area contributed by atoms with E-state index in [9.17, 15) is 0 Å². The van der Waals surface area contributed by atoms with E-state index in [1.54, 1.807) is 0 Å². The molecule has 0 radical (unpaired) electrons. The Bertz CT molecular complexity index is 4290. The highest BCUT2D eigenvalue weighted by Gasteiger charge is 2.43. The first-order valence-corrected chi connectivity index (χ1v) is 35.8. The fourth-order valence-electron chi connectivity index (χ4n) is 14.8. The second-order valence-electron chi connectivity index (χ2n) is 26.1. The lowest BCUT2D eigenvalue weighted by atomic mass is 9.69. The van der Waals surface area contributed by atoms with Crippen molar-refractivity contribution in [3.05, 3.63) is 343 Å². The number of aryl methyl sites for hydroxylation is 3. The van der Waals surface area contributed by atoms with Crippen LogP contribution in [0.5, 0.6) is 0 Å². The molecule has 0 spiro atoms. The predicted octanol–water partition coefficient (Wildman–Crippen LogP) is 28.3. The molecule has 13 aromatic carbocycles. The van der Waals surface area contributed by atoms with Crippen molar-refractivity contribution in [2.45, 2.75) is 118 Å². The van der Waals surface area contributed by atoms with Gasteiger partial charge in [-0.25, -0.2) is 0 Å². The van der Waals surface area contributed by atoms with Crippen molar-refractivity contribution in [2.24, 2.45) is 0 Å². The van der Waals surface area contributed by atoms with E-state index in [0.29, 0.717) is 0 Å². The highest BCUT2D eigenvalue weighted by Crippen LogP contribution is 2.58. The maximum Gasteiger partial charge on any atom is 0.0461 e. The number of anilines is 3. The van der Waals surface area contributed by atoms with E-state index in [1.165, 1.54) is 196 Å². The summed E-state index contributed by atoms with van der Waals surface area (Å²) in [4.78, 5) is 2.29. The molecule has 0 atom stereocenters. The molecular weight excluding hydrogens is 1170 g/mol. The topological polar surface area (TPSA) is 3.24 Å². The predicted molar refractivity (Wildman–Crippen MR) is 420 cm³/mol. The SMILES string of the molecule is CC.CCCCCCC1(CCCCCC)c2cc(-c3c(-c4ccccc4)ccc(-c4ccccc4)c3-c3ccccc3)ccc2-c2ccc(-c3c(-c4ccccc4)ccc(-c4ccccc4)c3-c3ccccc3)cc21.Cc1ccc(N(c2ccc(C)cc2)c2ccc(C)cc2)cc1. The summed E-state index contributed by atoms with van der Waals surface area (Å²) in [5.41, 5.74) is 33.1. The van der Waals surface area contributed by atoms with Crippen molar-refractivity contribution in [3.8, 4) is 100 Å². The van der Waals surface area contributed by atoms with Crippen molar-refractivity contribution in [3.63, 3.8) is 0 Å². The lowest BCUT2D eigenvalue weighted by Crippen LogP contribution is -2.25. The van der Waals surface area contributed by atoms with Crippen LogP contribution < -0.4 is 4.90 Å². The van der Waals surface area contributed by atoms with Gasteiger partial charge >= 0.3 is 0 Å². The molecule has 482 valence electrons. The largest absolute Gasteiger partial charge is 0.311 e. The first kappa shape index (κ1) is 66.7. The fourth-order valence-corrected chi connectivity index (χ4v) is 14.8. The van der Waals surface area contributed by atoms with Crippen LogP contribution in [0.3, 0.4) is 0 Å². The third-order valence-electron chi connectivity index (χ3n) is 19.6. The van der Waals surface area contributed by atoms with Gasteiger partial charge in [0.15, 0.2) is 0 Å². The molecule has 0 fully saturated rings. The summed E-state index contributed by atoms with van der Waals surface area (Å²) in [6.45, 7) is 15.0.